The largest absolute Gasteiger partial charge is 0.497 e. The number of carbonyl (C=O) groups is 1. The summed E-state index contributed by atoms with van der Waals surface area (Å²) in [5, 5.41) is 4.49. The molecular formula is C19H19N3O2S. The van der Waals surface area contributed by atoms with Crippen LogP contribution in [0.5, 0.6) is 5.75 Å². The molecule has 5 nitrogen and oxygen atoms in total. The van der Waals surface area contributed by atoms with Crippen LogP contribution in [-0.4, -0.2) is 28.2 Å². The van der Waals surface area contributed by atoms with E-state index in [0.29, 0.717) is 6.54 Å². The number of nitrogens with zero attached hydrogens (tertiary/aromatic N) is 2. The summed E-state index contributed by atoms with van der Waals surface area (Å²) >= 11 is 1.44. The minimum atomic E-state index is -0.253. The number of aromatic nitrogens is 2. The molecule has 25 heavy (non-hydrogen) atoms. The number of methoxy groups -OCH3 is 1. The number of benzene rings is 2. The highest BCUT2D eigenvalue weighted by Crippen LogP contribution is 2.27. The number of amides is 1. The van der Waals surface area contributed by atoms with Gasteiger partial charge < -0.3 is 10.1 Å². The van der Waals surface area contributed by atoms with Crippen molar-refractivity contribution in [1.82, 2.24) is 15.3 Å². The summed E-state index contributed by atoms with van der Waals surface area (Å²) in [7, 11) is 1.63. The van der Waals surface area contributed by atoms with Gasteiger partial charge in [0.2, 0.25) is 5.91 Å². The van der Waals surface area contributed by atoms with Gasteiger partial charge in [-0.15, -0.1) is 0 Å². The van der Waals surface area contributed by atoms with Crippen LogP contribution < -0.4 is 10.1 Å². The van der Waals surface area contributed by atoms with Gasteiger partial charge in [0, 0.05) is 11.9 Å². The number of thioether (sulfide) groups is 1. The molecule has 0 aliphatic carbocycles. The normalized spacial score (nSPS) is 11.9. The minimum Gasteiger partial charge on any atom is -0.497 e. The van der Waals surface area contributed by atoms with E-state index in [9.17, 15) is 4.79 Å². The molecule has 3 aromatic rings. The molecule has 0 bridgehead atoms. The van der Waals surface area contributed by atoms with Crippen LogP contribution in [0, 0.1) is 0 Å². The third-order valence-corrected chi connectivity index (χ3v) is 4.91. The fourth-order valence-corrected chi connectivity index (χ4v) is 3.30. The van der Waals surface area contributed by atoms with Crippen molar-refractivity contribution in [2.75, 3.05) is 7.11 Å². The monoisotopic (exact) mass is 353 g/mol. The zero-order valence-electron chi connectivity index (χ0n) is 14.1. The fraction of sp³-hybridized carbons (Fsp3) is 0.211. The van der Waals surface area contributed by atoms with Crippen LogP contribution in [0.2, 0.25) is 0 Å². The Morgan fingerprint density at radius 1 is 1.16 bits per heavy atom. The first-order chi connectivity index (χ1) is 12.2. The Kier molecular flexibility index (Phi) is 5.50. The van der Waals surface area contributed by atoms with Crippen molar-refractivity contribution < 1.29 is 9.53 Å². The smallest absolute Gasteiger partial charge is 0.233 e. The van der Waals surface area contributed by atoms with Gasteiger partial charge in [0.1, 0.15) is 17.1 Å². The van der Waals surface area contributed by atoms with Crippen LogP contribution in [0.4, 0.5) is 0 Å². The molecule has 6 heteroatoms. The van der Waals surface area contributed by atoms with E-state index in [1.54, 1.807) is 7.11 Å². The number of fused-ring (bicyclic) bond motifs is 1. The minimum absolute atomic E-state index is 0.0245. The molecule has 0 radical (unpaired) electrons. The number of nitrogens with one attached hydrogen (secondary N) is 1. The summed E-state index contributed by atoms with van der Waals surface area (Å²) < 4.78 is 5.13. The van der Waals surface area contributed by atoms with Gasteiger partial charge in [0.25, 0.3) is 0 Å². The average Bonchev–Trinajstić information content (AvgIpc) is 2.66. The van der Waals surface area contributed by atoms with E-state index in [1.165, 1.54) is 18.1 Å². The zero-order chi connectivity index (χ0) is 17.6. The Hall–Kier alpha value is -2.60. The van der Waals surface area contributed by atoms with Gasteiger partial charge >= 0.3 is 0 Å². The Bertz CT molecular complexity index is 863. The molecule has 3 rings (SSSR count). The molecule has 0 unspecified atom stereocenters. The van der Waals surface area contributed by atoms with Crippen molar-refractivity contribution in [3.63, 3.8) is 0 Å². The van der Waals surface area contributed by atoms with Crippen molar-refractivity contribution in [3.8, 4) is 5.75 Å². The standard InChI is InChI=1S/C19H19N3O2S/c1-13(18(23)20-11-14-7-9-15(24-2)10-8-14)25-19-16-5-3-4-6-17(16)21-12-22-19/h3-10,12-13H,11H2,1-2H3,(H,20,23)/t13-/m0/s1. The first kappa shape index (κ1) is 17.2. The summed E-state index contributed by atoms with van der Waals surface area (Å²) in [4.78, 5) is 21.0. The average molecular weight is 353 g/mol. The van der Waals surface area contributed by atoms with Crippen LogP contribution in [0.25, 0.3) is 10.9 Å². The van der Waals surface area contributed by atoms with E-state index in [2.05, 4.69) is 15.3 Å². The Morgan fingerprint density at radius 2 is 1.92 bits per heavy atom. The maximum atomic E-state index is 12.4. The molecule has 2 aromatic carbocycles. The molecule has 0 aliphatic rings. The summed E-state index contributed by atoms with van der Waals surface area (Å²) in [5.74, 6) is 0.776. The van der Waals surface area contributed by atoms with E-state index < -0.39 is 0 Å². The molecule has 0 fully saturated rings. The highest BCUT2D eigenvalue weighted by Gasteiger charge is 2.16. The van der Waals surface area contributed by atoms with Gasteiger partial charge in [-0.25, -0.2) is 9.97 Å². The predicted molar refractivity (Wildman–Crippen MR) is 99.7 cm³/mol. The second kappa shape index (κ2) is 7.98. The third kappa shape index (κ3) is 4.28. The highest BCUT2D eigenvalue weighted by atomic mass is 32.2. The van der Waals surface area contributed by atoms with Crippen LogP contribution in [-0.2, 0) is 11.3 Å². The molecule has 1 aromatic heterocycles. The topological polar surface area (TPSA) is 64.1 Å². The fourth-order valence-electron chi connectivity index (χ4n) is 2.37. The van der Waals surface area contributed by atoms with Crippen molar-refractivity contribution in [3.05, 3.63) is 60.4 Å². The van der Waals surface area contributed by atoms with Crippen LogP contribution >= 0.6 is 11.8 Å². The van der Waals surface area contributed by atoms with E-state index in [0.717, 1.165) is 27.2 Å². The van der Waals surface area contributed by atoms with Gasteiger partial charge in [0.15, 0.2) is 0 Å². The predicted octanol–water partition coefficient (Wildman–Crippen LogP) is 3.44. The second-order valence-corrected chi connectivity index (χ2v) is 6.85. The molecule has 0 aliphatic heterocycles. The van der Waals surface area contributed by atoms with Crippen molar-refractivity contribution in [2.45, 2.75) is 23.7 Å². The molecular weight excluding hydrogens is 334 g/mol. The first-order valence-electron chi connectivity index (χ1n) is 7.94. The quantitative estimate of drug-likeness (QED) is 0.543. The number of para-hydroxylation sites is 1. The lowest BCUT2D eigenvalue weighted by atomic mass is 10.2. The van der Waals surface area contributed by atoms with Gasteiger partial charge in [-0.05, 0) is 30.7 Å². The van der Waals surface area contributed by atoms with E-state index >= 15 is 0 Å². The van der Waals surface area contributed by atoms with E-state index in [-0.39, 0.29) is 11.2 Å². The summed E-state index contributed by atoms with van der Waals surface area (Å²) in [5.41, 5.74) is 1.91. The Morgan fingerprint density at radius 3 is 2.68 bits per heavy atom. The van der Waals surface area contributed by atoms with Crippen LogP contribution in [0.3, 0.4) is 0 Å². The Balaban J connectivity index is 1.62. The number of rotatable bonds is 6. The first-order valence-corrected chi connectivity index (χ1v) is 8.82. The summed E-state index contributed by atoms with van der Waals surface area (Å²) in [6.45, 7) is 2.36. The lowest BCUT2D eigenvalue weighted by Crippen LogP contribution is -2.30. The molecule has 128 valence electrons. The van der Waals surface area contributed by atoms with Crippen molar-refractivity contribution in [2.24, 2.45) is 0 Å². The SMILES string of the molecule is COc1ccc(CNC(=O)[C@H](C)Sc2ncnc3ccccc23)cc1. The van der Waals surface area contributed by atoms with Gasteiger partial charge in [-0.1, -0.05) is 42.1 Å². The molecule has 0 spiro atoms. The maximum Gasteiger partial charge on any atom is 0.233 e. The second-order valence-electron chi connectivity index (χ2n) is 5.52. The lowest BCUT2D eigenvalue weighted by molar-refractivity contribution is -0.120. The maximum absolute atomic E-state index is 12.4. The molecule has 1 atom stereocenters. The molecule has 1 N–H and O–H groups in total. The number of ether oxygens (including phenoxy) is 1. The van der Waals surface area contributed by atoms with Crippen LogP contribution in [0.15, 0.2) is 59.9 Å². The van der Waals surface area contributed by atoms with Gasteiger partial charge in [0.05, 0.1) is 17.9 Å². The number of hydrogen-bond acceptors (Lipinski definition) is 5. The Labute approximate surface area is 150 Å². The van der Waals surface area contributed by atoms with E-state index in [1.807, 2.05) is 55.5 Å². The van der Waals surface area contributed by atoms with Gasteiger partial charge in [-0.2, -0.15) is 0 Å². The van der Waals surface area contributed by atoms with E-state index in [4.69, 9.17) is 4.74 Å². The lowest BCUT2D eigenvalue weighted by Gasteiger charge is -2.13. The summed E-state index contributed by atoms with van der Waals surface area (Å²) in [6.07, 6.45) is 1.53. The van der Waals surface area contributed by atoms with Crippen molar-refractivity contribution in [1.29, 1.82) is 0 Å². The zero-order valence-corrected chi connectivity index (χ0v) is 14.9. The molecule has 1 amide bonds. The number of hydrogen-bond donors (Lipinski definition) is 1. The van der Waals surface area contributed by atoms with Crippen LogP contribution in [0.1, 0.15) is 12.5 Å². The third-order valence-electron chi connectivity index (χ3n) is 3.79. The summed E-state index contributed by atoms with van der Waals surface area (Å²) in [6, 6.07) is 15.4. The molecule has 1 heterocycles. The van der Waals surface area contributed by atoms with Crippen molar-refractivity contribution >= 4 is 28.6 Å². The van der Waals surface area contributed by atoms with Gasteiger partial charge in [-0.3, -0.25) is 4.79 Å². The molecule has 0 saturated heterocycles. The highest BCUT2D eigenvalue weighted by molar-refractivity contribution is 8.00. The number of carbonyl (C=O) groups excluding carboxylic acids is 1. The molecule has 0 saturated carbocycles.